The monoisotopic (exact) mass is 304 g/mol. The Morgan fingerprint density at radius 1 is 1.35 bits per heavy atom. The summed E-state index contributed by atoms with van der Waals surface area (Å²) in [6.07, 6.45) is -3.13. The zero-order valence-electron chi connectivity index (χ0n) is 10.5. The minimum atomic E-state index is -4.71. The van der Waals surface area contributed by atoms with E-state index in [2.05, 4.69) is 10.3 Å². The maximum atomic E-state index is 13.3. The van der Waals surface area contributed by atoms with Gasteiger partial charge in [-0.1, -0.05) is 13.0 Å². The molecule has 0 aliphatic carbocycles. The Hall–Kier alpha value is -1.47. The third kappa shape index (κ3) is 3.16. The first-order valence-electron chi connectivity index (χ1n) is 5.93. The molecule has 7 heteroatoms. The number of aromatic nitrogens is 1. The van der Waals surface area contributed by atoms with E-state index < -0.39 is 23.6 Å². The second kappa shape index (κ2) is 5.88. The van der Waals surface area contributed by atoms with Crippen LogP contribution in [-0.2, 0) is 6.18 Å². The van der Waals surface area contributed by atoms with Gasteiger partial charge in [-0.05, 0) is 24.2 Å². The fourth-order valence-corrected chi connectivity index (χ4v) is 2.61. The van der Waals surface area contributed by atoms with Crippen LogP contribution in [0, 0.1) is 5.82 Å². The van der Waals surface area contributed by atoms with E-state index in [0.717, 1.165) is 12.1 Å². The summed E-state index contributed by atoms with van der Waals surface area (Å²) in [5.74, 6) is -1.27. The summed E-state index contributed by atoms with van der Waals surface area (Å²) in [4.78, 5) is 4.11. The normalized spacial score (nSPS) is 13.4. The van der Waals surface area contributed by atoms with Gasteiger partial charge in [0.15, 0.2) is 0 Å². The van der Waals surface area contributed by atoms with Gasteiger partial charge in [0.2, 0.25) is 0 Å². The number of benzene rings is 1. The Balaban J connectivity index is 2.45. The predicted molar refractivity (Wildman–Crippen MR) is 69.0 cm³/mol. The van der Waals surface area contributed by atoms with Crippen LogP contribution in [-0.4, -0.2) is 11.5 Å². The third-order valence-electron chi connectivity index (χ3n) is 2.74. The van der Waals surface area contributed by atoms with Crippen LogP contribution < -0.4 is 5.32 Å². The van der Waals surface area contributed by atoms with Crippen molar-refractivity contribution in [3.05, 3.63) is 51.7 Å². The van der Waals surface area contributed by atoms with Crippen molar-refractivity contribution >= 4 is 11.3 Å². The molecule has 0 aliphatic heterocycles. The summed E-state index contributed by atoms with van der Waals surface area (Å²) < 4.78 is 51.5. The molecule has 2 aromatic rings. The zero-order valence-corrected chi connectivity index (χ0v) is 11.4. The molecule has 2 rings (SSSR count). The van der Waals surface area contributed by atoms with Crippen LogP contribution in [0.25, 0.3) is 0 Å². The van der Waals surface area contributed by atoms with E-state index >= 15 is 0 Å². The number of rotatable bonds is 4. The lowest BCUT2D eigenvalue weighted by atomic mass is 10.0. The second-order valence-electron chi connectivity index (χ2n) is 4.10. The van der Waals surface area contributed by atoms with Gasteiger partial charge in [0.1, 0.15) is 10.8 Å². The molecule has 0 saturated heterocycles. The first kappa shape index (κ1) is 14.9. The predicted octanol–water partition coefficient (Wildman–Crippen LogP) is 4.00. The molecule has 20 heavy (non-hydrogen) atoms. The molecular formula is C13H12F4N2S. The number of nitrogens with zero attached hydrogens (tertiary/aromatic N) is 1. The number of thiazole rings is 1. The van der Waals surface area contributed by atoms with Crippen LogP contribution in [0.2, 0.25) is 0 Å². The molecule has 108 valence electrons. The van der Waals surface area contributed by atoms with E-state index in [0.29, 0.717) is 17.1 Å². The van der Waals surface area contributed by atoms with Crippen molar-refractivity contribution < 1.29 is 17.6 Å². The molecule has 1 unspecified atom stereocenters. The van der Waals surface area contributed by atoms with Gasteiger partial charge in [-0.15, -0.1) is 11.3 Å². The zero-order chi connectivity index (χ0) is 14.8. The minimum Gasteiger partial charge on any atom is -0.305 e. The number of alkyl halides is 3. The van der Waals surface area contributed by atoms with Crippen LogP contribution in [0.15, 0.2) is 29.8 Å². The topological polar surface area (TPSA) is 24.9 Å². The van der Waals surface area contributed by atoms with Gasteiger partial charge >= 0.3 is 6.18 Å². The molecule has 2 nitrogen and oxygen atoms in total. The number of halogens is 4. The molecule has 1 heterocycles. The van der Waals surface area contributed by atoms with E-state index in [-0.39, 0.29) is 0 Å². The Morgan fingerprint density at radius 2 is 2.10 bits per heavy atom. The molecule has 1 N–H and O–H groups in total. The van der Waals surface area contributed by atoms with Crippen LogP contribution in [0.3, 0.4) is 0 Å². The summed E-state index contributed by atoms with van der Waals surface area (Å²) in [5.41, 5.74) is -0.912. The highest BCUT2D eigenvalue weighted by Gasteiger charge is 2.35. The average Bonchev–Trinajstić information content (AvgIpc) is 2.89. The maximum Gasteiger partial charge on any atom is 0.419 e. The minimum absolute atomic E-state index is 0.343. The highest BCUT2D eigenvalue weighted by atomic mass is 32.1. The molecule has 0 saturated carbocycles. The van der Waals surface area contributed by atoms with Crippen molar-refractivity contribution in [2.75, 3.05) is 6.54 Å². The Bertz CT molecular complexity index is 566. The summed E-state index contributed by atoms with van der Waals surface area (Å²) in [6, 6.07) is 2.56. The molecule has 1 atom stereocenters. The lowest BCUT2D eigenvalue weighted by molar-refractivity contribution is -0.140. The van der Waals surface area contributed by atoms with Gasteiger partial charge in [0, 0.05) is 11.6 Å². The molecule has 1 aromatic heterocycles. The van der Waals surface area contributed by atoms with Gasteiger partial charge in [0.25, 0.3) is 0 Å². The summed E-state index contributed by atoms with van der Waals surface area (Å²) >= 11 is 1.33. The van der Waals surface area contributed by atoms with Crippen molar-refractivity contribution in [2.24, 2.45) is 0 Å². The molecular weight excluding hydrogens is 292 g/mol. The number of nitrogens with one attached hydrogen (secondary N) is 1. The van der Waals surface area contributed by atoms with Crippen LogP contribution >= 0.6 is 11.3 Å². The van der Waals surface area contributed by atoms with Crippen LogP contribution in [0.1, 0.15) is 29.1 Å². The van der Waals surface area contributed by atoms with Crippen molar-refractivity contribution in [1.29, 1.82) is 0 Å². The van der Waals surface area contributed by atoms with Crippen LogP contribution in [0.4, 0.5) is 17.6 Å². The summed E-state index contributed by atoms with van der Waals surface area (Å²) in [6.45, 7) is 2.40. The number of hydrogen-bond donors (Lipinski definition) is 1. The van der Waals surface area contributed by atoms with E-state index in [9.17, 15) is 17.6 Å². The van der Waals surface area contributed by atoms with Gasteiger partial charge in [-0.2, -0.15) is 13.2 Å². The Kier molecular flexibility index (Phi) is 4.39. The standard InChI is InChI=1S/C13H12F4N2S/c1-2-18-11(12-19-5-6-20-12)8-3-4-10(14)9(7-8)13(15,16)17/h3-7,11,18H,2H2,1H3. The molecule has 0 spiro atoms. The van der Waals surface area contributed by atoms with Crippen LogP contribution in [0.5, 0.6) is 0 Å². The van der Waals surface area contributed by atoms with E-state index in [4.69, 9.17) is 0 Å². The van der Waals surface area contributed by atoms with Gasteiger partial charge in [-0.25, -0.2) is 9.37 Å². The second-order valence-corrected chi connectivity index (χ2v) is 5.02. The van der Waals surface area contributed by atoms with Crippen molar-refractivity contribution in [2.45, 2.75) is 19.1 Å². The smallest absolute Gasteiger partial charge is 0.305 e. The van der Waals surface area contributed by atoms with E-state index in [1.807, 2.05) is 6.92 Å². The largest absolute Gasteiger partial charge is 0.419 e. The molecule has 0 amide bonds. The first-order chi connectivity index (χ1) is 9.43. The Morgan fingerprint density at radius 3 is 2.65 bits per heavy atom. The lowest BCUT2D eigenvalue weighted by Crippen LogP contribution is -2.22. The molecule has 0 bridgehead atoms. The average molecular weight is 304 g/mol. The van der Waals surface area contributed by atoms with Crippen molar-refractivity contribution in [1.82, 2.24) is 10.3 Å². The van der Waals surface area contributed by atoms with E-state index in [1.165, 1.54) is 17.4 Å². The number of hydrogen-bond acceptors (Lipinski definition) is 3. The van der Waals surface area contributed by atoms with Crippen molar-refractivity contribution in [3.63, 3.8) is 0 Å². The maximum absolute atomic E-state index is 13.3. The van der Waals surface area contributed by atoms with Gasteiger partial charge in [0.05, 0.1) is 11.6 Å². The highest BCUT2D eigenvalue weighted by Crippen LogP contribution is 2.34. The SMILES string of the molecule is CCNC(c1ccc(F)c(C(F)(F)F)c1)c1nccs1. The lowest BCUT2D eigenvalue weighted by Gasteiger charge is -2.18. The fourth-order valence-electron chi connectivity index (χ4n) is 1.87. The molecule has 0 aliphatic rings. The fraction of sp³-hybridized carbons (Fsp3) is 0.308. The van der Waals surface area contributed by atoms with Gasteiger partial charge < -0.3 is 5.32 Å². The molecule has 0 fully saturated rings. The van der Waals surface area contributed by atoms with E-state index in [1.54, 1.807) is 11.6 Å². The van der Waals surface area contributed by atoms with Crippen molar-refractivity contribution in [3.8, 4) is 0 Å². The highest BCUT2D eigenvalue weighted by molar-refractivity contribution is 7.09. The molecule has 0 radical (unpaired) electrons. The Labute approximate surface area is 117 Å². The molecule has 1 aromatic carbocycles. The van der Waals surface area contributed by atoms with Gasteiger partial charge in [-0.3, -0.25) is 0 Å². The quantitative estimate of drug-likeness (QED) is 0.864. The summed E-state index contributed by atoms with van der Waals surface area (Å²) in [7, 11) is 0. The third-order valence-corrected chi connectivity index (χ3v) is 3.58. The summed E-state index contributed by atoms with van der Waals surface area (Å²) in [5, 5.41) is 5.45. The first-order valence-corrected chi connectivity index (χ1v) is 6.81.